The van der Waals surface area contributed by atoms with E-state index in [2.05, 4.69) is 16.8 Å². The Balaban J connectivity index is 2.28. The highest BCUT2D eigenvalue weighted by Gasteiger charge is 1.92. The fraction of sp³-hybridized carbons (Fsp3) is 0. The van der Waals surface area contributed by atoms with Crippen LogP contribution in [0.1, 0.15) is 17.0 Å². The van der Waals surface area contributed by atoms with Gasteiger partial charge in [-0.3, -0.25) is 0 Å². The zero-order chi connectivity index (χ0) is 10.5. The Bertz CT molecular complexity index is 553. The molecule has 0 aromatic carbocycles. The van der Waals surface area contributed by atoms with Gasteiger partial charge < -0.3 is 0 Å². The summed E-state index contributed by atoms with van der Waals surface area (Å²) in [6, 6.07) is 9.17. The van der Waals surface area contributed by atoms with Gasteiger partial charge in [0.15, 0.2) is 0 Å². The Labute approximate surface area is 91.8 Å². The van der Waals surface area contributed by atoms with Gasteiger partial charge in [0.05, 0.1) is 0 Å². The van der Waals surface area contributed by atoms with E-state index < -0.39 is 0 Å². The summed E-state index contributed by atoms with van der Waals surface area (Å²) in [5.41, 5.74) is 2.00. The molecule has 0 saturated heterocycles. The molecule has 2 nitrogen and oxygen atoms in total. The maximum atomic E-state index is 8.66. The lowest BCUT2D eigenvalue weighted by Crippen LogP contribution is -1.85. The molecule has 0 aliphatic rings. The van der Waals surface area contributed by atoms with Crippen LogP contribution in [0.3, 0.4) is 0 Å². The van der Waals surface area contributed by atoms with Crippen molar-refractivity contribution >= 4 is 11.3 Å². The van der Waals surface area contributed by atoms with E-state index in [9.17, 15) is 0 Å². The number of hydrogen-bond donors (Lipinski definition) is 0. The van der Waals surface area contributed by atoms with Crippen LogP contribution in [0, 0.1) is 23.2 Å². The highest BCUT2D eigenvalue weighted by Crippen LogP contribution is 2.04. The largest absolute Gasteiger partial charge is 0.229 e. The molecule has 0 N–H and O–H groups in total. The second-order valence-electron chi connectivity index (χ2n) is 2.78. The van der Waals surface area contributed by atoms with Crippen molar-refractivity contribution in [2.45, 2.75) is 0 Å². The van der Waals surface area contributed by atoms with Gasteiger partial charge in [-0.2, -0.15) is 16.6 Å². The average Bonchev–Trinajstić information content (AvgIpc) is 2.79. The van der Waals surface area contributed by atoms with Crippen molar-refractivity contribution in [3.63, 3.8) is 0 Å². The first-order chi connectivity index (χ1) is 7.38. The number of nitriles is 1. The molecule has 0 radical (unpaired) electrons. The highest BCUT2D eigenvalue weighted by atomic mass is 32.1. The third-order valence-corrected chi connectivity index (χ3v) is 2.40. The fourth-order valence-electron chi connectivity index (χ4n) is 1.04. The molecule has 0 aliphatic heterocycles. The molecule has 0 fully saturated rings. The molecule has 0 bridgehead atoms. The van der Waals surface area contributed by atoms with Crippen molar-refractivity contribution in [1.82, 2.24) is 4.98 Å². The van der Waals surface area contributed by atoms with Crippen LogP contribution in [0.5, 0.6) is 0 Å². The van der Waals surface area contributed by atoms with E-state index >= 15 is 0 Å². The standard InChI is InChI=1S/C12H6N2S/c13-8-12-3-1-2-11(14-12)5-4-10-6-7-15-9-10/h1-3,6-7,9H. The first-order valence-corrected chi connectivity index (χ1v) is 5.24. The van der Waals surface area contributed by atoms with E-state index in [4.69, 9.17) is 5.26 Å². The lowest BCUT2D eigenvalue weighted by atomic mass is 10.3. The van der Waals surface area contributed by atoms with E-state index in [1.165, 1.54) is 0 Å². The molecule has 0 atom stereocenters. The summed E-state index contributed by atoms with van der Waals surface area (Å²) < 4.78 is 0. The van der Waals surface area contributed by atoms with Gasteiger partial charge in [0.2, 0.25) is 0 Å². The summed E-state index contributed by atoms with van der Waals surface area (Å²) in [6.45, 7) is 0. The van der Waals surface area contributed by atoms with Crippen LogP contribution >= 0.6 is 11.3 Å². The van der Waals surface area contributed by atoms with Crippen LogP contribution in [-0.4, -0.2) is 4.98 Å². The van der Waals surface area contributed by atoms with Gasteiger partial charge >= 0.3 is 0 Å². The molecular weight excluding hydrogens is 204 g/mol. The average molecular weight is 210 g/mol. The molecule has 2 aromatic rings. The predicted octanol–water partition coefficient (Wildman–Crippen LogP) is 2.41. The van der Waals surface area contributed by atoms with Crippen LogP contribution < -0.4 is 0 Å². The molecule has 2 aromatic heterocycles. The van der Waals surface area contributed by atoms with Crippen LogP contribution in [0.4, 0.5) is 0 Å². The van der Waals surface area contributed by atoms with Crippen molar-refractivity contribution in [2.24, 2.45) is 0 Å². The Morgan fingerprint density at radius 1 is 1.13 bits per heavy atom. The number of thiophene rings is 1. The Hall–Kier alpha value is -2.10. The van der Waals surface area contributed by atoms with Gasteiger partial charge in [-0.15, -0.1) is 0 Å². The summed E-state index contributed by atoms with van der Waals surface area (Å²) in [7, 11) is 0. The lowest BCUT2D eigenvalue weighted by Gasteiger charge is -1.88. The first kappa shape index (κ1) is 9.45. The van der Waals surface area contributed by atoms with Gasteiger partial charge in [0.1, 0.15) is 17.5 Å². The number of aromatic nitrogens is 1. The van der Waals surface area contributed by atoms with E-state index in [1.54, 1.807) is 29.5 Å². The van der Waals surface area contributed by atoms with Crippen molar-refractivity contribution in [3.05, 3.63) is 52.0 Å². The van der Waals surface area contributed by atoms with E-state index in [1.807, 2.05) is 22.9 Å². The molecule has 2 rings (SSSR count). The molecule has 0 aliphatic carbocycles. The summed E-state index contributed by atoms with van der Waals surface area (Å²) in [5.74, 6) is 5.90. The quantitative estimate of drug-likeness (QED) is 0.626. The maximum Gasteiger partial charge on any atom is 0.141 e. The van der Waals surface area contributed by atoms with Gasteiger partial charge in [-0.1, -0.05) is 12.0 Å². The van der Waals surface area contributed by atoms with E-state index in [0.717, 1.165) is 5.56 Å². The molecule has 3 heteroatoms. The van der Waals surface area contributed by atoms with E-state index in [-0.39, 0.29) is 0 Å². The van der Waals surface area contributed by atoms with Crippen LogP contribution in [-0.2, 0) is 0 Å². The van der Waals surface area contributed by atoms with Gasteiger partial charge in [0.25, 0.3) is 0 Å². The topological polar surface area (TPSA) is 36.7 Å². The summed E-state index contributed by atoms with van der Waals surface area (Å²) in [6.07, 6.45) is 0. The minimum Gasteiger partial charge on any atom is -0.229 e. The second-order valence-corrected chi connectivity index (χ2v) is 3.56. The Morgan fingerprint density at radius 2 is 2.00 bits per heavy atom. The lowest BCUT2D eigenvalue weighted by molar-refractivity contribution is 1.23. The third kappa shape index (κ3) is 2.43. The number of hydrogen-bond acceptors (Lipinski definition) is 3. The molecule has 0 saturated carbocycles. The normalized spacial score (nSPS) is 8.73. The maximum absolute atomic E-state index is 8.66. The zero-order valence-corrected chi connectivity index (χ0v) is 8.58. The molecule has 2 heterocycles. The summed E-state index contributed by atoms with van der Waals surface area (Å²) in [5, 5.41) is 12.6. The molecule has 0 unspecified atom stereocenters. The third-order valence-electron chi connectivity index (χ3n) is 1.72. The van der Waals surface area contributed by atoms with E-state index in [0.29, 0.717) is 11.4 Å². The van der Waals surface area contributed by atoms with Crippen molar-refractivity contribution in [3.8, 4) is 17.9 Å². The summed E-state index contributed by atoms with van der Waals surface area (Å²) >= 11 is 1.61. The molecule has 70 valence electrons. The predicted molar refractivity (Wildman–Crippen MR) is 59.3 cm³/mol. The number of pyridine rings is 1. The minimum absolute atomic E-state index is 0.395. The van der Waals surface area contributed by atoms with Crippen molar-refractivity contribution in [2.75, 3.05) is 0 Å². The minimum atomic E-state index is 0.395. The second kappa shape index (κ2) is 4.41. The van der Waals surface area contributed by atoms with Crippen molar-refractivity contribution < 1.29 is 0 Å². The monoisotopic (exact) mass is 210 g/mol. The Kier molecular flexibility index (Phi) is 2.78. The highest BCUT2D eigenvalue weighted by molar-refractivity contribution is 7.08. The van der Waals surface area contributed by atoms with Crippen molar-refractivity contribution in [1.29, 1.82) is 5.26 Å². The molecular formula is C12H6N2S. The summed E-state index contributed by atoms with van der Waals surface area (Å²) in [4.78, 5) is 4.06. The SMILES string of the molecule is N#Cc1cccc(C#Cc2ccsc2)n1. The van der Waals surface area contributed by atoms with Gasteiger partial charge in [0, 0.05) is 10.9 Å². The zero-order valence-electron chi connectivity index (χ0n) is 7.77. The fourth-order valence-corrected chi connectivity index (χ4v) is 1.63. The van der Waals surface area contributed by atoms with Crippen LogP contribution in [0.15, 0.2) is 35.0 Å². The number of nitrogens with zero attached hydrogens (tertiary/aromatic N) is 2. The van der Waals surface area contributed by atoms with Gasteiger partial charge in [-0.25, -0.2) is 4.98 Å². The Morgan fingerprint density at radius 3 is 2.73 bits per heavy atom. The number of rotatable bonds is 0. The van der Waals surface area contributed by atoms with Crippen LogP contribution in [0.25, 0.3) is 0 Å². The smallest absolute Gasteiger partial charge is 0.141 e. The molecule has 0 spiro atoms. The first-order valence-electron chi connectivity index (χ1n) is 4.30. The van der Waals surface area contributed by atoms with Gasteiger partial charge in [-0.05, 0) is 29.5 Å². The van der Waals surface area contributed by atoms with Crippen LogP contribution in [0.2, 0.25) is 0 Å². The molecule has 15 heavy (non-hydrogen) atoms. The molecule has 0 amide bonds.